The molecule has 0 unspecified atom stereocenters. The zero-order valence-corrected chi connectivity index (χ0v) is 16.6. The summed E-state index contributed by atoms with van der Waals surface area (Å²) in [5.74, 6) is 0.328. The van der Waals surface area contributed by atoms with Crippen molar-refractivity contribution in [2.45, 2.75) is 6.92 Å². The molecule has 3 N–H and O–H groups in total. The number of carbonyl (C=O) groups excluding carboxylic acids is 2. The number of aryl methyl sites for hydroxylation is 1. The van der Waals surface area contributed by atoms with E-state index in [4.69, 9.17) is 0 Å². The van der Waals surface area contributed by atoms with Crippen LogP contribution in [0.1, 0.15) is 5.56 Å². The molecule has 3 rings (SSSR count). The zero-order chi connectivity index (χ0) is 19.2. The van der Waals surface area contributed by atoms with Gasteiger partial charge in [0.25, 0.3) is 11.8 Å². The molecule has 0 saturated carbocycles. The Bertz CT molecular complexity index is 650. The maximum atomic E-state index is 12.7. The molecule has 2 aliphatic rings. The maximum absolute atomic E-state index is 12.7. The first-order valence-electron chi connectivity index (χ1n) is 10.0. The van der Waals surface area contributed by atoms with Gasteiger partial charge >= 0.3 is 0 Å². The van der Waals surface area contributed by atoms with Crippen molar-refractivity contribution >= 4 is 17.5 Å². The first-order chi connectivity index (χ1) is 13.1. The molecule has 7 heteroatoms. The summed E-state index contributed by atoms with van der Waals surface area (Å²) in [6.45, 7) is 10.5. The molecule has 1 aromatic carbocycles. The fraction of sp³-hybridized carbons (Fsp3) is 0.600. The van der Waals surface area contributed by atoms with Gasteiger partial charge in [0.2, 0.25) is 0 Å². The number of likely N-dealkylation sites (N-methyl/N-ethyl adjacent to an activating group) is 1. The summed E-state index contributed by atoms with van der Waals surface area (Å²) in [5, 5.41) is 2.67. The Kier molecular flexibility index (Phi) is 6.68. The van der Waals surface area contributed by atoms with Crippen molar-refractivity contribution in [1.82, 2.24) is 10.2 Å². The smallest absolute Gasteiger partial charge is 0.278 e. The lowest BCUT2D eigenvalue weighted by Gasteiger charge is -2.36. The molecule has 7 nitrogen and oxygen atoms in total. The molecule has 0 atom stereocenters. The van der Waals surface area contributed by atoms with Gasteiger partial charge in [-0.1, -0.05) is 18.2 Å². The topological polar surface area (TPSA) is 61.5 Å². The van der Waals surface area contributed by atoms with Crippen LogP contribution in [-0.4, -0.2) is 89.2 Å². The minimum atomic E-state index is 0.0701. The number of hydrogen-bond acceptors (Lipinski definition) is 3. The van der Waals surface area contributed by atoms with Gasteiger partial charge in [-0.3, -0.25) is 9.59 Å². The third-order valence-corrected chi connectivity index (χ3v) is 5.84. The number of hydrogen-bond donors (Lipinski definition) is 3. The van der Waals surface area contributed by atoms with Crippen LogP contribution in [0, 0.1) is 6.92 Å². The summed E-state index contributed by atoms with van der Waals surface area (Å²) in [5.41, 5.74) is 2.63. The van der Waals surface area contributed by atoms with Crippen molar-refractivity contribution < 1.29 is 19.4 Å². The highest BCUT2D eigenvalue weighted by atomic mass is 16.2. The number of para-hydroxylation sites is 1. The van der Waals surface area contributed by atoms with Crippen LogP contribution in [0.5, 0.6) is 0 Å². The number of carbonyl (C=O) groups is 2. The number of piperazine rings is 2. The van der Waals surface area contributed by atoms with Crippen LogP contribution >= 0.6 is 0 Å². The van der Waals surface area contributed by atoms with Crippen LogP contribution in [0.4, 0.5) is 5.69 Å². The van der Waals surface area contributed by atoms with Crippen LogP contribution in [0.2, 0.25) is 0 Å². The van der Waals surface area contributed by atoms with Crippen molar-refractivity contribution in [3.63, 3.8) is 0 Å². The Hall–Kier alpha value is -2.12. The molecule has 2 aliphatic heterocycles. The summed E-state index contributed by atoms with van der Waals surface area (Å²) in [6, 6.07) is 8.52. The van der Waals surface area contributed by atoms with E-state index in [1.165, 1.54) is 21.1 Å². The molecule has 0 aromatic heterocycles. The maximum Gasteiger partial charge on any atom is 0.278 e. The van der Waals surface area contributed by atoms with Crippen LogP contribution in [0.15, 0.2) is 24.3 Å². The number of quaternary nitrogens is 2. The van der Waals surface area contributed by atoms with Crippen LogP contribution in [-0.2, 0) is 9.59 Å². The quantitative estimate of drug-likeness (QED) is 0.520. The third kappa shape index (κ3) is 5.20. The standard InChI is InChI=1S/C20H31N5O2/c1-17-5-3-4-6-18(17)24-11-7-23(8-12-24)16-20(27)25-13-9-22(10-14-25)15-19(26)21-2/h3-6H,7-16H2,1-2H3,(H,21,26)/p+2. The lowest BCUT2D eigenvalue weighted by atomic mass is 10.1. The van der Waals surface area contributed by atoms with E-state index in [0.717, 1.165) is 52.4 Å². The predicted molar refractivity (Wildman–Crippen MR) is 105 cm³/mol. The second-order valence-electron chi connectivity index (χ2n) is 7.68. The second-order valence-corrected chi connectivity index (χ2v) is 7.68. The van der Waals surface area contributed by atoms with Gasteiger partial charge in [-0.2, -0.15) is 0 Å². The molecule has 0 spiro atoms. The van der Waals surface area contributed by atoms with E-state index in [9.17, 15) is 9.59 Å². The Morgan fingerprint density at radius 3 is 2.19 bits per heavy atom. The summed E-state index contributed by atoms with van der Waals surface area (Å²) in [4.78, 5) is 31.2. The average molecular weight is 376 g/mol. The van der Waals surface area contributed by atoms with Crippen molar-refractivity contribution in [2.75, 3.05) is 77.4 Å². The van der Waals surface area contributed by atoms with Crippen molar-refractivity contribution in [2.24, 2.45) is 0 Å². The van der Waals surface area contributed by atoms with E-state index >= 15 is 0 Å². The summed E-state index contributed by atoms with van der Waals surface area (Å²) in [7, 11) is 1.67. The molecule has 1 aromatic rings. The third-order valence-electron chi connectivity index (χ3n) is 5.84. The van der Waals surface area contributed by atoms with Crippen molar-refractivity contribution in [3.8, 4) is 0 Å². The molecule has 2 amide bonds. The minimum absolute atomic E-state index is 0.0701. The molecule has 0 aliphatic carbocycles. The van der Waals surface area contributed by atoms with Crippen molar-refractivity contribution in [3.05, 3.63) is 29.8 Å². The Morgan fingerprint density at radius 2 is 1.56 bits per heavy atom. The summed E-state index contributed by atoms with van der Waals surface area (Å²) < 4.78 is 0. The van der Waals surface area contributed by atoms with E-state index in [-0.39, 0.29) is 11.8 Å². The zero-order valence-electron chi connectivity index (χ0n) is 16.6. The summed E-state index contributed by atoms with van der Waals surface area (Å²) >= 11 is 0. The normalized spacial score (nSPS) is 19.2. The molecule has 0 radical (unpaired) electrons. The summed E-state index contributed by atoms with van der Waals surface area (Å²) in [6.07, 6.45) is 0. The number of benzene rings is 1. The monoisotopic (exact) mass is 375 g/mol. The number of rotatable bonds is 5. The predicted octanol–water partition coefficient (Wildman–Crippen LogP) is -2.83. The molecule has 2 heterocycles. The van der Waals surface area contributed by atoms with Crippen LogP contribution in [0.3, 0.4) is 0 Å². The van der Waals surface area contributed by atoms with Crippen molar-refractivity contribution in [1.29, 1.82) is 0 Å². The Labute approximate surface area is 161 Å². The van der Waals surface area contributed by atoms with Gasteiger partial charge in [0, 0.05) is 12.7 Å². The van der Waals surface area contributed by atoms with Gasteiger partial charge < -0.3 is 24.9 Å². The van der Waals surface area contributed by atoms with Gasteiger partial charge in [-0.25, -0.2) is 0 Å². The second kappa shape index (κ2) is 9.19. The molecular weight excluding hydrogens is 342 g/mol. The number of nitrogens with zero attached hydrogens (tertiary/aromatic N) is 2. The molecule has 2 fully saturated rings. The van der Waals surface area contributed by atoms with Gasteiger partial charge in [-0.15, -0.1) is 0 Å². The Balaban J connectivity index is 1.41. The van der Waals surface area contributed by atoms with Gasteiger partial charge in [-0.05, 0) is 18.6 Å². The molecule has 2 saturated heterocycles. The van der Waals surface area contributed by atoms with E-state index < -0.39 is 0 Å². The first-order valence-corrected chi connectivity index (χ1v) is 10.0. The van der Waals surface area contributed by atoms with E-state index in [1.807, 2.05) is 4.90 Å². The number of anilines is 1. The van der Waals surface area contributed by atoms with Gasteiger partial charge in [0.05, 0.1) is 52.4 Å². The van der Waals surface area contributed by atoms with Gasteiger partial charge in [0.15, 0.2) is 13.1 Å². The Morgan fingerprint density at radius 1 is 0.963 bits per heavy atom. The highest BCUT2D eigenvalue weighted by molar-refractivity contribution is 5.77. The van der Waals surface area contributed by atoms with E-state index in [2.05, 4.69) is 41.4 Å². The minimum Gasteiger partial charge on any atom is -0.360 e. The molecular formula is C20H33N5O2+2. The lowest BCUT2D eigenvalue weighted by molar-refractivity contribution is -0.898. The van der Waals surface area contributed by atoms with E-state index in [0.29, 0.717) is 13.1 Å². The van der Waals surface area contributed by atoms with Crippen LogP contribution < -0.4 is 20.0 Å². The lowest BCUT2D eigenvalue weighted by Crippen LogP contribution is -3.17. The molecule has 0 bridgehead atoms. The first kappa shape index (κ1) is 19.6. The largest absolute Gasteiger partial charge is 0.360 e. The fourth-order valence-electron chi connectivity index (χ4n) is 4.05. The molecule has 148 valence electrons. The SMILES string of the molecule is CNC(=O)C[NH+]1CCN(C(=O)C[NH+]2CCN(c3ccccc3C)CC2)CC1. The fourth-order valence-corrected chi connectivity index (χ4v) is 4.05. The van der Waals surface area contributed by atoms with E-state index in [1.54, 1.807) is 7.05 Å². The highest BCUT2D eigenvalue weighted by Gasteiger charge is 2.29. The van der Waals surface area contributed by atoms with Gasteiger partial charge in [0.1, 0.15) is 0 Å². The highest BCUT2D eigenvalue weighted by Crippen LogP contribution is 2.18. The van der Waals surface area contributed by atoms with Crippen LogP contribution in [0.25, 0.3) is 0 Å². The molecule has 27 heavy (non-hydrogen) atoms. The number of nitrogens with one attached hydrogen (secondary N) is 3. The number of amides is 2. The average Bonchev–Trinajstić information content (AvgIpc) is 2.69.